The maximum Gasteiger partial charge on any atom is 0.308 e. The lowest BCUT2D eigenvalue weighted by atomic mass is 10.2. The van der Waals surface area contributed by atoms with Gasteiger partial charge in [-0.2, -0.15) is 0 Å². The van der Waals surface area contributed by atoms with E-state index in [1.807, 2.05) is 20.8 Å². The summed E-state index contributed by atoms with van der Waals surface area (Å²) in [6.07, 6.45) is 5.31. The molecule has 0 unspecified atom stereocenters. The van der Waals surface area contributed by atoms with Gasteiger partial charge in [0.05, 0.1) is 224 Å². The third kappa shape index (κ3) is 56.3. The van der Waals surface area contributed by atoms with E-state index in [4.69, 9.17) is 91.7 Å². The van der Waals surface area contributed by atoms with E-state index in [0.29, 0.717) is 225 Å². The van der Waals surface area contributed by atoms with Crippen molar-refractivity contribution in [2.45, 2.75) is 32.8 Å². The summed E-state index contributed by atoms with van der Waals surface area (Å²) >= 11 is 0. The fourth-order valence-corrected chi connectivity index (χ4v) is 4.20. The van der Waals surface area contributed by atoms with E-state index in [2.05, 4.69) is 5.92 Å². The summed E-state index contributed by atoms with van der Waals surface area (Å²) in [4.78, 5) is 11.6. The van der Waals surface area contributed by atoms with Crippen LogP contribution in [0.25, 0.3) is 0 Å². The summed E-state index contributed by atoms with van der Waals surface area (Å²) < 4.78 is 97.7. The zero-order chi connectivity index (χ0) is 44.3. The van der Waals surface area contributed by atoms with Crippen molar-refractivity contribution in [3.05, 3.63) is 0 Å². The van der Waals surface area contributed by atoms with Crippen molar-refractivity contribution in [1.82, 2.24) is 0 Å². The maximum absolute atomic E-state index is 11.6. The summed E-state index contributed by atoms with van der Waals surface area (Å²) in [5, 5.41) is 0. The van der Waals surface area contributed by atoms with Gasteiger partial charge in [0.1, 0.15) is 12.2 Å². The molecule has 19 nitrogen and oxygen atoms in total. The van der Waals surface area contributed by atoms with E-state index in [-0.39, 0.29) is 12.4 Å². The van der Waals surface area contributed by atoms with Crippen molar-refractivity contribution in [3.63, 3.8) is 0 Å². The molecule has 0 rings (SSSR count). The van der Waals surface area contributed by atoms with Crippen LogP contribution in [-0.2, 0) is 90.1 Å². The molecular weight excluding hydrogens is 808 g/mol. The molecule has 0 spiro atoms. The van der Waals surface area contributed by atoms with Gasteiger partial charge in [0, 0.05) is 0 Å². The number of carbonyl (C=O) groups excluding carboxylic acids is 1. The van der Waals surface area contributed by atoms with Crippen molar-refractivity contribution < 1.29 is 90.1 Å². The normalized spacial score (nSPS) is 11.7. The molecular formula is C42H80O19. The van der Waals surface area contributed by atoms with Crippen LogP contribution >= 0.6 is 0 Å². The predicted octanol–water partition coefficient (Wildman–Crippen LogP) is 1.63. The molecule has 61 heavy (non-hydrogen) atoms. The van der Waals surface area contributed by atoms with Crippen LogP contribution in [0.5, 0.6) is 0 Å². The molecule has 0 saturated heterocycles. The molecule has 0 heterocycles. The van der Waals surface area contributed by atoms with Gasteiger partial charge in [-0.3, -0.25) is 4.79 Å². The minimum Gasteiger partial charge on any atom is -0.460 e. The lowest BCUT2D eigenvalue weighted by Crippen LogP contribution is -2.24. The molecule has 0 atom stereocenters. The zero-order valence-corrected chi connectivity index (χ0v) is 37.6. The fourth-order valence-electron chi connectivity index (χ4n) is 4.20. The second-order valence-electron chi connectivity index (χ2n) is 13.4. The van der Waals surface area contributed by atoms with Gasteiger partial charge in [0.15, 0.2) is 0 Å². The molecule has 0 aromatic carbocycles. The molecule has 0 saturated carbocycles. The minimum atomic E-state index is -0.480. The number of hydrogen-bond donors (Lipinski definition) is 0. The molecule has 0 aliphatic rings. The molecule has 19 heteroatoms. The Hall–Kier alpha value is -1.65. The SMILES string of the molecule is C#CCOCCOCCOCCOCCOCCOCCOCCOCCOCCOCCOCCOCCOCCOCCOCCOCCOCCC(=O)OC(C)(C)C. The van der Waals surface area contributed by atoms with Crippen molar-refractivity contribution in [1.29, 1.82) is 0 Å². The Morgan fingerprint density at radius 3 is 0.639 bits per heavy atom. The number of hydrogen-bond acceptors (Lipinski definition) is 19. The Labute approximate surface area is 365 Å². The van der Waals surface area contributed by atoms with Crippen LogP contribution in [-0.4, -0.2) is 236 Å². The molecule has 0 radical (unpaired) electrons. The van der Waals surface area contributed by atoms with Crippen LogP contribution in [0.1, 0.15) is 27.2 Å². The smallest absolute Gasteiger partial charge is 0.308 e. The fraction of sp³-hybridized carbons (Fsp3) is 0.929. The first-order valence-electron chi connectivity index (χ1n) is 21.4. The molecule has 0 aliphatic carbocycles. The third-order valence-corrected chi connectivity index (χ3v) is 7.01. The average Bonchev–Trinajstić information content (AvgIpc) is 3.23. The quantitative estimate of drug-likeness (QED) is 0.0488. The van der Waals surface area contributed by atoms with Gasteiger partial charge in [-0.25, -0.2) is 0 Å². The van der Waals surface area contributed by atoms with Crippen LogP contribution in [0.4, 0.5) is 0 Å². The Morgan fingerprint density at radius 2 is 0.475 bits per heavy atom. The van der Waals surface area contributed by atoms with E-state index in [9.17, 15) is 4.79 Å². The first-order valence-corrected chi connectivity index (χ1v) is 21.4. The highest BCUT2D eigenvalue weighted by atomic mass is 16.6. The first-order chi connectivity index (χ1) is 30.0. The maximum atomic E-state index is 11.6. The standard InChI is InChI=1S/C42H80O19/c1-5-7-44-9-11-46-13-15-48-17-19-50-21-23-52-25-27-54-29-31-56-33-35-58-37-39-60-40-38-59-36-34-57-32-30-55-28-26-53-24-22-51-20-18-49-16-14-47-12-10-45-8-6-41(43)61-42(2,3)4/h1H,6-40H2,2-4H3. The molecule has 0 N–H and O–H groups in total. The molecule has 0 bridgehead atoms. The monoisotopic (exact) mass is 889 g/mol. The lowest BCUT2D eigenvalue weighted by molar-refractivity contribution is -0.156. The van der Waals surface area contributed by atoms with Crippen molar-refractivity contribution in [2.75, 3.05) is 225 Å². The summed E-state index contributed by atoms with van der Waals surface area (Å²) in [6, 6.07) is 0. The first kappa shape index (κ1) is 59.4. The minimum absolute atomic E-state index is 0.227. The van der Waals surface area contributed by atoms with E-state index in [0.717, 1.165) is 0 Å². The largest absolute Gasteiger partial charge is 0.460 e. The average molecular weight is 889 g/mol. The molecule has 0 amide bonds. The summed E-state index contributed by atoms with van der Waals surface area (Å²) in [6.45, 7) is 21.7. The Kier molecular flexibility index (Phi) is 49.6. The van der Waals surface area contributed by atoms with Gasteiger partial charge in [-0.15, -0.1) is 6.42 Å². The lowest BCUT2D eigenvalue weighted by Gasteiger charge is -2.19. The summed E-state index contributed by atoms with van der Waals surface area (Å²) in [5.74, 6) is 2.13. The van der Waals surface area contributed by atoms with Crippen LogP contribution in [0.2, 0.25) is 0 Å². The zero-order valence-electron chi connectivity index (χ0n) is 37.6. The number of terminal acetylenes is 1. The second kappa shape index (κ2) is 51.0. The summed E-state index contributed by atoms with van der Waals surface area (Å²) in [7, 11) is 0. The van der Waals surface area contributed by atoms with Crippen LogP contribution in [0.15, 0.2) is 0 Å². The Morgan fingerprint density at radius 1 is 0.311 bits per heavy atom. The van der Waals surface area contributed by atoms with E-state index < -0.39 is 5.60 Å². The van der Waals surface area contributed by atoms with E-state index in [1.54, 1.807) is 0 Å². The Bertz CT molecular complexity index is 905. The topological polar surface area (TPSA) is 183 Å². The number of rotatable bonds is 52. The third-order valence-electron chi connectivity index (χ3n) is 7.01. The van der Waals surface area contributed by atoms with Crippen LogP contribution < -0.4 is 0 Å². The van der Waals surface area contributed by atoms with Crippen molar-refractivity contribution in [2.24, 2.45) is 0 Å². The molecule has 362 valence electrons. The molecule has 0 fully saturated rings. The van der Waals surface area contributed by atoms with Gasteiger partial charge in [0.2, 0.25) is 0 Å². The molecule has 0 aromatic heterocycles. The van der Waals surface area contributed by atoms with Crippen molar-refractivity contribution in [3.8, 4) is 12.3 Å². The highest BCUT2D eigenvalue weighted by Gasteiger charge is 2.15. The molecule has 0 aliphatic heterocycles. The van der Waals surface area contributed by atoms with E-state index in [1.165, 1.54) is 0 Å². The van der Waals surface area contributed by atoms with Gasteiger partial charge < -0.3 is 85.3 Å². The van der Waals surface area contributed by atoms with Gasteiger partial charge in [-0.05, 0) is 20.8 Å². The number of esters is 1. The molecule has 0 aromatic rings. The van der Waals surface area contributed by atoms with Gasteiger partial charge in [0.25, 0.3) is 0 Å². The van der Waals surface area contributed by atoms with Crippen molar-refractivity contribution >= 4 is 5.97 Å². The highest BCUT2D eigenvalue weighted by molar-refractivity contribution is 5.69. The van der Waals surface area contributed by atoms with Crippen LogP contribution in [0, 0.1) is 12.3 Å². The number of carbonyl (C=O) groups is 1. The Balaban J connectivity index is 3.09. The van der Waals surface area contributed by atoms with E-state index >= 15 is 0 Å². The number of ether oxygens (including phenoxy) is 18. The highest BCUT2D eigenvalue weighted by Crippen LogP contribution is 2.08. The predicted molar refractivity (Wildman–Crippen MR) is 223 cm³/mol. The van der Waals surface area contributed by atoms with Gasteiger partial charge in [-0.1, -0.05) is 5.92 Å². The second-order valence-corrected chi connectivity index (χ2v) is 13.4. The van der Waals surface area contributed by atoms with Crippen LogP contribution in [0.3, 0.4) is 0 Å². The van der Waals surface area contributed by atoms with Gasteiger partial charge >= 0.3 is 5.97 Å². The summed E-state index contributed by atoms with van der Waals surface area (Å²) in [5.41, 5.74) is -0.480.